The Balaban J connectivity index is 2.29. The van der Waals surface area contributed by atoms with Gasteiger partial charge in [0, 0.05) is 13.0 Å². The number of rotatable bonds is 15. The summed E-state index contributed by atoms with van der Waals surface area (Å²) < 4.78 is 6.01. The van der Waals surface area contributed by atoms with Crippen molar-refractivity contribution in [1.82, 2.24) is 4.90 Å². The first-order valence-electron chi connectivity index (χ1n) is 10.8. The lowest BCUT2D eigenvalue weighted by Crippen LogP contribution is -2.47. The molecule has 4 unspecified atom stereocenters. The smallest absolute Gasteiger partial charge is 0.101 e. The van der Waals surface area contributed by atoms with Gasteiger partial charge in [0.15, 0.2) is 0 Å². The van der Waals surface area contributed by atoms with E-state index in [-0.39, 0.29) is 12.1 Å². The van der Waals surface area contributed by atoms with Crippen LogP contribution < -0.4 is 0 Å². The fourth-order valence-electron chi connectivity index (χ4n) is 3.94. The zero-order valence-corrected chi connectivity index (χ0v) is 17.0. The van der Waals surface area contributed by atoms with E-state index in [1.54, 1.807) is 0 Å². The van der Waals surface area contributed by atoms with Crippen molar-refractivity contribution in [2.45, 2.75) is 115 Å². The highest BCUT2D eigenvalue weighted by Crippen LogP contribution is 2.28. The Morgan fingerprint density at radius 2 is 1.36 bits per heavy atom. The summed E-state index contributed by atoms with van der Waals surface area (Å²) in [4.78, 5) is 2.21. The van der Waals surface area contributed by atoms with Crippen LogP contribution >= 0.6 is 0 Å². The number of aliphatic hydroxyl groups excluding tert-OH is 2. The van der Waals surface area contributed by atoms with E-state index < -0.39 is 12.2 Å². The van der Waals surface area contributed by atoms with E-state index in [0.717, 1.165) is 19.4 Å². The summed E-state index contributed by atoms with van der Waals surface area (Å²) in [6.45, 7) is 6.12. The Kier molecular flexibility index (Phi) is 12.8. The number of ether oxygens (including phenoxy) is 1. The first kappa shape index (κ1) is 22.9. The van der Waals surface area contributed by atoms with E-state index >= 15 is 0 Å². The molecule has 1 rings (SSSR count). The van der Waals surface area contributed by atoms with E-state index in [0.29, 0.717) is 13.0 Å². The lowest BCUT2D eigenvalue weighted by atomic mass is 10.1. The van der Waals surface area contributed by atoms with Gasteiger partial charge < -0.3 is 14.9 Å². The molecule has 0 aromatic rings. The van der Waals surface area contributed by atoms with E-state index in [4.69, 9.17) is 4.74 Å². The molecule has 1 fully saturated rings. The number of nitrogens with zero attached hydrogens (tertiary/aromatic N) is 1. The van der Waals surface area contributed by atoms with Gasteiger partial charge in [-0.15, -0.1) is 0 Å². The first-order valence-corrected chi connectivity index (χ1v) is 10.8. The molecule has 0 aliphatic heterocycles. The van der Waals surface area contributed by atoms with E-state index in [1.165, 1.54) is 57.8 Å². The van der Waals surface area contributed by atoms with Crippen LogP contribution in [0, 0.1) is 0 Å². The lowest BCUT2D eigenvalue weighted by molar-refractivity contribution is -0.0589. The van der Waals surface area contributed by atoms with Crippen molar-refractivity contribution < 1.29 is 14.9 Å². The molecule has 0 radical (unpaired) electrons. The number of aliphatic hydroxyl groups is 2. The van der Waals surface area contributed by atoms with Crippen LogP contribution in [-0.2, 0) is 4.74 Å². The predicted octanol–water partition coefficient (Wildman–Crippen LogP) is 4.13. The lowest BCUT2D eigenvalue weighted by Gasteiger charge is -2.32. The number of likely N-dealkylation sites (N-methyl/N-ethyl adjacent to an activating group) is 1. The average molecular weight is 358 g/mol. The molecule has 0 bridgehead atoms. The Labute approximate surface area is 155 Å². The molecule has 150 valence electrons. The summed E-state index contributed by atoms with van der Waals surface area (Å²) in [5.74, 6) is 0. The van der Waals surface area contributed by atoms with Crippen molar-refractivity contribution in [1.29, 1.82) is 0 Å². The maximum Gasteiger partial charge on any atom is 0.101 e. The maximum atomic E-state index is 10.4. The average Bonchev–Trinajstić information content (AvgIpc) is 2.87. The van der Waals surface area contributed by atoms with Gasteiger partial charge in [-0.2, -0.15) is 0 Å². The topological polar surface area (TPSA) is 52.9 Å². The SMILES string of the molecule is CCCCCCCCN(C)C1C(O)CC(O)C1OCCCCCCC. The third-order valence-electron chi connectivity index (χ3n) is 5.52. The van der Waals surface area contributed by atoms with Crippen molar-refractivity contribution in [2.24, 2.45) is 0 Å². The molecule has 25 heavy (non-hydrogen) atoms. The Bertz CT molecular complexity index is 314. The third-order valence-corrected chi connectivity index (χ3v) is 5.52. The van der Waals surface area contributed by atoms with Crippen LogP contribution in [0.15, 0.2) is 0 Å². The molecular formula is C21H43NO3. The van der Waals surface area contributed by atoms with Gasteiger partial charge in [-0.05, 0) is 26.4 Å². The van der Waals surface area contributed by atoms with Crippen molar-refractivity contribution in [2.75, 3.05) is 20.2 Å². The fraction of sp³-hybridized carbons (Fsp3) is 1.00. The van der Waals surface area contributed by atoms with Gasteiger partial charge in [0.2, 0.25) is 0 Å². The van der Waals surface area contributed by atoms with Crippen molar-refractivity contribution in [3.8, 4) is 0 Å². The normalized spacial score (nSPS) is 26.6. The molecule has 0 aromatic heterocycles. The number of unbranched alkanes of at least 4 members (excludes halogenated alkanes) is 9. The molecule has 4 atom stereocenters. The molecule has 0 heterocycles. The van der Waals surface area contributed by atoms with Gasteiger partial charge in [-0.3, -0.25) is 4.90 Å². The zero-order chi connectivity index (χ0) is 18.5. The van der Waals surface area contributed by atoms with E-state index in [2.05, 4.69) is 25.8 Å². The molecule has 4 nitrogen and oxygen atoms in total. The van der Waals surface area contributed by atoms with Crippen molar-refractivity contribution >= 4 is 0 Å². The molecule has 1 saturated carbocycles. The summed E-state index contributed by atoms with van der Waals surface area (Å²) in [7, 11) is 2.07. The largest absolute Gasteiger partial charge is 0.391 e. The molecule has 1 aliphatic rings. The zero-order valence-electron chi connectivity index (χ0n) is 17.0. The van der Waals surface area contributed by atoms with Crippen LogP contribution in [0.4, 0.5) is 0 Å². The second-order valence-corrected chi connectivity index (χ2v) is 7.86. The number of hydrogen-bond donors (Lipinski definition) is 2. The summed E-state index contributed by atoms with van der Waals surface area (Å²) in [6, 6.07) is -0.0683. The summed E-state index contributed by atoms with van der Waals surface area (Å²) in [5, 5.41) is 20.6. The maximum absolute atomic E-state index is 10.4. The highest BCUT2D eigenvalue weighted by Gasteiger charge is 2.44. The van der Waals surface area contributed by atoms with Crippen LogP contribution in [0.2, 0.25) is 0 Å². The van der Waals surface area contributed by atoms with Gasteiger partial charge in [0.1, 0.15) is 6.10 Å². The van der Waals surface area contributed by atoms with Crippen molar-refractivity contribution in [3.63, 3.8) is 0 Å². The molecule has 4 heteroatoms. The molecule has 0 spiro atoms. The Morgan fingerprint density at radius 3 is 2.00 bits per heavy atom. The second kappa shape index (κ2) is 14.0. The van der Waals surface area contributed by atoms with Gasteiger partial charge >= 0.3 is 0 Å². The second-order valence-electron chi connectivity index (χ2n) is 7.86. The fourth-order valence-corrected chi connectivity index (χ4v) is 3.94. The van der Waals surface area contributed by atoms with E-state index in [9.17, 15) is 10.2 Å². The van der Waals surface area contributed by atoms with Crippen LogP contribution in [0.1, 0.15) is 90.9 Å². The quantitative estimate of drug-likeness (QED) is 0.433. The number of hydrogen-bond acceptors (Lipinski definition) is 4. The summed E-state index contributed by atoms with van der Waals surface area (Å²) >= 11 is 0. The molecule has 1 aliphatic carbocycles. The Morgan fingerprint density at radius 1 is 0.800 bits per heavy atom. The monoisotopic (exact) mass is 357 g/mol. The van der Waals surface area contributed by atoms with Gasteiger partial charge in [0.25, 0.3) is 0 Å². The highest BCUT2D eigenvalue weighted by molar-refractivity contribution is 4.98. The van der Waals surface area contributed by atoms with Crippen LogP contribution in [-0.4, -0.2) is 59.7 Å². The minimum Gasteiger partial charge on any atom is -0.391 e. The molecule has 2 N–H and O–H groups in total. The van der Waals surface area contributed by atoms with Crippen LogP contribution in [0.3, 0.4) is 0 Å². The summed E-state index contributed by atoms with van der Waals surface area (Å²) in [5.41, 5.74) is 0. The standard InChI is InChI=1S/C21H43NO3/c1-4-6-8-10-11-13-15-22(3)20-18(23)17-19(24)21(20)25-16-14-12-9-7-5-2/h18-21,23-24H,4-17H2,1-3H3. The molecule has 0 aromatic carbocycles. The van der Waals surface area contributed by atoms with E-state index in [1.807, 2.05) is 0 Å². The molecule has 0 amide bonds. The van der Waals surface area contributed by atoms with Gasteiger partial charge in [-0.1, -0.05) is 71.6 Å². The minimum absolute atomic E-state index is 0.0683. The van der Waals surface area contributed by atoms with Gasteiger partial charge in [-0.25, -0.2) is 0 Å². The molecular weight excluding hydrogens is 314 g/mol. The van der Waals surface area contributed by atoms with Gasteiger partial charge in [0.05, 0.1) is 18.2 Å². The molecule has 0 saturated heterocycles. The van der Waals surface area contributed by atoms with Crippen LogP contribution in [0.5, 0.6) is 0 Å². The highest BCUT2D eigenvalue weighted by atomic mass is 16.5. The van der Waals surface area contributed by atoms with Crippen LogP contribution in [0.25, 0.3) is 0 Å². The summed E-state index contributed by atoms with van der Waals surface area (Å²) in [6.07, 6.45) is 12.9. The predicted molar refractivity (Wildman–Crippen MR) is 105 cm³/mol. The first-order chi connectivity index (χ1) is 12.1. The Hall–Kier alpha value is -0.160. The third kappa shape index (κ3) is 8.85. The van der Waals surface area contributed by atoms with Crippen molar-refractivity contribution in [3.05, 3.63) is 0 Å². The minimum atomic E-state index is -0.539.